The lowest BCUT2D eigenvalue weighted by Crippen LogP contribution is -2.50. The van der Waals surface area contributed by atoms with Crippen molar-refractivity contribution in [3.63, 3.8) is 0 Å². The maximum atomic E-state index is 4.65. The van der Waals surface area contributed by atoms with E-state index < -0.39 is 0 Å². The molecule has 3 nitrogen and oxygen atoms in total. The zero-order valence-electron chi connectivity index (χ0n) is 8.57. The minimum atomic E-state index is 0.358. The van der Waals surface area contributed by atoms with Gasteiger partial charge in [-0.15, -0.1) is 0 Å². The molecule has 0 aromatic rings. The van der Waals surface area contributed by atoms with Crippen LogP contribution in [0, 0.1) is 5.92 Å². The van der Waals surface area contributed by atoms with Crippen molar-refractivity contribution in [1.82, 2.24) is 9.80 Å². The van der Waals surface area contributed by atoms with E-state index in [1.54, 1.807) is 0 Å². The van der Waals surface area contributed by atoms with Gasteiger partial charge < -0.3 is 4.90 Å². The minimum absolute atomic E-state index is 0.358. The van der Waals surface area contributed by atoms with Gasteiger partial charge in [0.25, 0.3) is 0 Å². The van der Waals surface area contributed by atoms with E-state index in [0.717, 1.165) is 13.2 Å². The second-order valence-corrected chi connectivity index (χ2v) is 4.10. The summed E-state index contributed by atoms with van der Waals surface area (Å²) in [6.07, 6.45) is 4.49. The summed E-state index contributed by atoms with van der Waals surface area (Å²) in [5.41, 5.74) is 0. The molecule has 0 bridgehead atoms. The van der Waals surface area contributed by atoms with Crippen molar-refractivity contribution in [1.29, 1.82) is 0 Å². The summed E-state index contributed by atoms with van der Waals surface area (Å²) in [7, 11) is 4.27. The fraction of sp³-hybridized carbons (Fsp3) is 0.700. The van der Waals surface area contributed by atoms with Crippen LogP contribution in [0.2, 0.25) is 0 Å². The summed E-state index contributed by atoms with van der Waals surface area (Å²) in [5, 5.41) is 0. The number of rotatable bonds is 0. The highest BCUT2D eigenvalue weighted by Gasteiger charge is 2.27. The van der Waals surface area contributed by atoms with E-state index in [9.17, 15) is 0 Å². The lowest BCUT2D eigenvalue weighted by atomic mass is 10.0. The molecule has 0 amide bonds. The first-order chi connectivity index (χ1) is 6.16. The molecule has 13 heavy (non-hydrogen) atoms. The molecule has 0 aromatic heterocycles. The lowest BCUT2D eigenvalue weighted by molar-refractivity contribution is 0.197. The molecule has 0 saturated carbocycles. The Labute approximate surface area is 79.7 Å². The predicted octanol–water partition coefficient (Wildman–Crippen LogP) is 0.794. The molecule has 0 radical (unpaired) electrons. The number of amidine groups is 1. The summed E-state index contributed by atoms with van der Waals surface area (Å²) in [4.78, 5) is 9.22. The first-order valence-corrected chi connectivity index (χ1v) is 4.82. The van der Waals surface area contributed by atoms with Gasteiger partial charge in [0.15, 0.2) is 0 Å². The van der Waals surface area contributed by atoms with Crippen LogP contribution >= 0.6 is 0 Å². The zero-order valence-corrected chi connectivity index (χ0v) is 8.57. The van der Waals surface area contributed by atoms with E-state index in [1.165, 1.54) is 5.84 Å². The van der Waals surface area contributed by atoms with Crippen molar-refractivity contribution in [3.8, 4) is 0 Å². The SMILES string of the molecule is CC1C=CC2CN(C)CN(C)C2=N1. The van der Waals surface area contributed by atoms with Gasteiger partial charge in [-0.25, -0.2) is 0 Å². The van der Waals surface area contributed by atoms with E-state index in [0.29, 0.717) is 12.0 Å². The average molecular weight is 179 g/mol. The topological polar surface area (TPSA) is 18.8 Å². The number of aliphatic imine (C=N–C) groups is 1. The Balaban J connectivity index is 2.20. The molecule has 2 heterocycles. The summed E-state index contributed by atoms with van der Waals surface area (Å²) in [5.74, 6) is 1.77. The number of nitrogens with zero attached hydrogens (tertiary/aromatic N) is 3. The van der Waals surface area contributed by atoms with Gasteiger partial charge in [0.1, 0.15) is 5.84 Å². The van der Waals surface area contributed by atoms with Gasteiger partial charge in [0.05, 0.1) is 12.7 Å². The van der Waals surface area contributed by atoms with Crippen LogP contribution in [0.1, 0.15) is 6.92 Å². The van der Waals surface area contributed by atoms with Crippen LogP contribution in [-0.2, 0) is 0 Å². The molecule has 2 unspecified atom stereocenters. The third-order valence-corrected chi connectivity index (χ3v) is 2.64. The van der Waals surface area contributed by atoms with Gasteiger partial charge >= 0.3 is 0 Å². The summed E-state index contributed by atoms with van der Waals surface area (Å²) >= 11 is 0. The Kier molecular flexibility index (Phi) is 2.12. The zero-order chi connectivity index (χ0) is 9.42. The highest BCUT2D eigenvalue weighted by Crippen LogP contribution is 2.19. The van der Waals surface area contributed by atoms with E-state index in [1.807, 2.05) is 0 Å². The maximum Gasteiger partial charge on any atom is 0.109 e. The average Bonchev–Trinajstić information content (AvgIpc) is 2.06. The van der Waals surface area contributed by atoms with Crippen LogP contribution in [0.25, 0.3) is 0 Å². The summed E-state index contributed by atoms with van der Waals surface area (Å²) in [6, 6.07) is 0.358. The van der Waals surface area contributed by atoms with Gasteiger partial charge in [0.2, 0.25) is 0 Å². The third kappa shape index (κ3) is 1.61. The number of fused-ring (bicyclic) bond motifs is 1. The Hall–Kier alpha value is -0.830. The Morgan fingerprint density at radius 3 is 2.92 bits per heavy atom. The van der Waals surface area contributed by atoms with Gasteiger partial charge in [-0.2, -0.15) is 0 Å². The first-order valence-electron chi connectivity index (χ1n) is 4.82. The maximum absolute atomic E-state index is 4.65. The molecule has 72 valence electrons. The van der Waals surface area contributed by atoms with E-state index in [2.05, 4.69) is 48.0 Å². The van der Waals surface area contributed by atoms with E-state index >= 15 is 0 Å². The molecular formula is C10H17N3. The van der Waals surface area contributed by atoms with Gasteiger partial charge in [0, 0.05) is 19.5 Å². The molecule has 2 aliphatic heterocycles. The number of hydrogen-bond acceptors (Lipinski definition) is 3. The van der Waals surface area contributed by atoms with Crippen LogP contribution in [0.3, 0.4) is 0 Å². The van der Waals surface area contributed by atoms with E-state index in [4.69, 9.17) is 0 Å². The second-order valence-electron chi connectivity index (χ2n) is 4.10. The Bertz CT molecular complexity index is 257. The second kappa shape index (κ2) is 3.14. The monoisotopic (exact) mass is 179 g/mol. The molecule has 1 fully saturated rings. The molecular weight excluding hydrogens is 162 g/mol. The molecule has 2 aliphatic rings. The number of hydrogen-bond donors (Lipinski definition) is 0. The Morgan fingerprint density at radius 2 is 2.15 bits per heavy atom. The molecule has 0 N–H and O–H groups in total. The number of dihydropyridines is 1. The summed E-state index contributed by atoms with van der Waals surface area (Å²) in [6.45, 7) is 4.23. The van der Waals surface area contributed by atoms with Crippen molar-refractivity contribution in [2.24, 2.45) is 10.9 Å². The van der Waals surface area contributed by atoms with Crippen LogP contribution in [0.4, 0.5) is 0 Å². The largest absolute Gasteiger partial charge is 0.350 e. The molecule has 0 aromatic carbocycles. The Morgan fingerprint density at radius 1 is 1.38 bits per heavy atom. The predicted molar refractivity (Wildman–Crippen MR) is 54.8 cm³/mol. The van der Waals surface area contributed by atoms with Crippen LogP contribution in [0.5, 0.6) is 0 Å². The molecule has 1 saturated heterocycles. The smallest absolute Gasteiger partial charge is 0.109 e. The third-order valence-electron chi connectivity index (χ3n) is 2.64. The normalized spacial score (nSPS) is 34.4. The van der Waals surface area contributed by atoms with E-state index in [-0.39, 0.29) is 0 Å². The quantitative estimate of drug-likeness (QED) is 0.512. The van der Waals surface area contributed by atoms with Gasteiger partial charge in [-0.3, -0.25) is 9.89 Å². The molecule has 3 heteroatoms. The molecule has 2 atom stereocenters. The molecule has 0 aliphatic carbocycles. The van der Waals surface area contributed by atoms with Gasteiger partial charge in [-0.1, -0.05) is 12.2 Å². The fourth-order valence-electron chi connectivity index (χ4n) is 2.08. The van der Waals surface area contributed by atoms with Gasteiger partial charge in [-0.05, 0) is 14.0 Å². The lowest BCUT2D eigenvalue weighted by Gasteiger charge is -2.39. The van der Waals surface area contributed by atoms with Crippen molar-refractivity contribution < 1.29 is 0 Å². The highest BCUT2D eigenvalue weighted by atomic mass is 15.3. The van der Waals surface area contributed by atoms with Crippen molar-refractivity contribution in [3.05, 3.63) is 12.2 Å². The minimum Gasteiger partial charge on any atom is -0.350 e. The standard InChI is InChI=1S/C10H17N3/c1-8-4-5-9-6-12(2)7-13(3)10(9)11-8/h4-5,8-9H,6-7H2,1-3H3. The molecule has 0 spiro atoms. The van der Waals surface area contributed by atoms with Crippen LogP contribution in [0.15, 0.2) is 17.1 Å². The summed E-state index contributed by atoms with van der Waals surface area (Å²) < 4.78 is 0. The fourth-order valence-corrected chi connectivity index (χ4v) is 2.08. The highest BCUT2D eigenvalue weighted by molar-refractivity contribution is 5.87. The van der Waals surface area contributed by atoms with Crippen LogP contribution < -0.4 is 0 Å². The van der Waals surface area contributed by atoms with Crippen molar-refractivity contribution in [2.45, 2.75) is 13.0 Å². The van der Waals surface area contributed by atoms with Crippen molar-refractivity contribution in [2.75, 3.05) is 27.3 Å². The van der Waals surface area contributed by atoms with Crippen molar-refractivity contribution >= 4 is 5.84 Å². The first kappa shape index (κ1) is 8.75. The van der Waals surface area contributed by atoms with Crippen LogP contribution in [-0.4, -0.2) is 49.0 Å². The molecule has 2 rings (SSSR count).